The molecule has 0 radical (unpaired) electrons. The van der Waals surface area contributed by atoms with Crippen LogP contribution < -0.4 is 11.1 Å². The summed E-state index contributed by atoms with van der Waals surface area (Å²) in [6, 6.07) is 9.22. The molecule has 3 N–H and O–H groups in total. The number of esters is 1. The second kappa shape index (κ2) is 6.52. The van der Waals surface area contributed by atoms with Crippen LogP contribution >= 0.6 is 0 Å². The maximum Gasteiger partial charge on any atom is 0.338 e. The van der Waals surface area contributed by atoms with Crippen LogP contribution in [0.25, 0.3) is 5.70 Å². The van der Waals surface area contributed by atoms with E-state index in [0.29, 0.717) is 23.8 Å². The first kappa shape index (κ1) is 15.1. The molecule has 118 valence electrons. The van der Waals surface area contributed by atoms with Crippen LogP contribution in [0.3, 0.4) is 0 Å². The van der Waals surface area contributed by atoms with Gasteiger partial charge in [0.25, 0.3) is 0 Å². The second-order valence-electron chi connectivity index (χ2n) is 5.31. The van der Waals surface area contributed by atoms with Gasteiger partial charge in [-0.1, -0.05) is 54.6 Å². The van der Waals surface area contributed by atoms with E-state index in [1.807, 2.05) is 54.6 Å². The Morgan fingerprint density at radius 2 is 1.96 bits per heavy atom. The molecule has 0 saturated heterocycles. The Morgan fingerprint density at radius 3 is 2.61 bits per heavy atom. The van der Waals surface area contributed by atoms with Gasteiger partial charge in [-0.05, 0) is 12.5 Å². The predicted molar refractivity (Wildman–Crippen MR) is 90.3 cm³/mol. The van der Waals surface area contributed by atoms with Crippen molar-refractivity contribution in [3.05, 3.63) is 65.8 Å². The Bertz CT molecular complexity index is 705. The van der Waals surface area contributed by atoms with Gasteiger partial charge in [-0.3, -0.25) is 0 Å². The van der Waals surface area contributed by atoms with Crippen LogP contribution in [0.2, 0.25) is 0 Å². The van der Waals surface area contributed by atoms with Crippen molar-refractivity contribution < 1.29 is 9.53 Å². The predicted octanol–water partition coefficient (Wildman–Crippen LogP) is 1.99. The number of hydrogen-bond acceptors (Lipinski definition) is 5. The number of allylic oxidation sites excluding steroid dienone is 2. The zero-order valence-electron chi connectivity index (χ0n) is 12.9. The molecule has 0 aromatic heterocycles. The van der Waals surface area contributed by atoms with E-state index in [2.05, 4.69) is 10.3 Å². The molecule has 0 bridgehead atoms. The molecule has 0 spiro atoms. The average Bonchev–Trinajstić information content (AvgIpc) is 3.09. The molecule has 3 rings (SSSR count). The minimum atomic E-state index is -0.388. The zero-order valence-corrected chi connectivity index (χ0v) is 12.9. The number of carbonyl (C=O) groups excluding carboxylic acids is 1. The van der Waals surface area contributed by atoms with E-state index in [9.17, 15) is 4.79 Å². The van der Waals surface area contributed by atoms with Crippen molar-refractivity contribution in [3.63, 3.8) is 0 Å². The SMILES string of the molecule is CCOC(=O)C1=C(c2ccccc2)NC(N)=NC1C1C=CC=C1. The molecule has 1 aliphatic heterocycles. The van der Waals surface area contributed by atoms with Crippen LogP contribution in [0.15, 0.2) is 65.2 Å². The van der Waals surface area contributed by atoms with Crippen LogP contribution in [0, 0.1) is 5.92 Å². The van der Waals surface area contributed by atoms with Crippen LogP contribution in [0.1, 0.15) is 12.5 Å². The lowest BCUT2D eigenvalue weighted by Gasteiger charge is -2.28. The van der Waals surface area contributed by atoms with E-state index in [4.69, 9.17) is 10.5 Å². The average molecular weight is 309 g/mol. The Morgan fingerprint density at radius 1 is 1.26 bits per heavy atom. The Balaban J connectivity index is 2.11. The molecule has 1 unspecified atom stereocenters. The topological polar surface area (TPSA) is 76.7 Å². The summed E-state index contributed by atoms with van der Waals surface area (Å²) < 4.78 is 5.26. The van der Waals surface area contributed by atoms with Crippen molar-refractivity contribution in [1.29, 1.82) is 0 Å². The maximum atomic E-state index is 12.6. The van der Waals surface area contributed by atoms with E-state index in [1.165, 1.54) is 0 Å². The molecule has 0 saturated carbocycles. The molecule has 23 heavy (non-hydrogen) atoms. The first-order valence-electron chi connectivity index (χ1n) is 7.62. The molecule has 2 aliphatic rings. The van der Waals surface area contributed by atoms with E-state index in [0.717, 1.165) is 5.56 Å². The van der Waals surface area contributed by atoms with Crippen LogP contribution in [0.5, 0.6) is 0 Å². The highest BCUT2D eigenvalue weighted by atomic mass is 16.5. The summed E-state index contributed by atoms with van der Waals surface area (Å²) in [6.45, 7) is 2.10. The lowest BCUT2D eigenvalue weighted by Crippen LogP contribution is -2.41. The van der Waals surface area contributed by atoms with Crippen molar-refractivity contribution in [2.24, 2.45) is 16.6 Å². The highest BCUT2D eigenvalue weighted by molar-refractivity contribution is 6.04. The summed E-state index contributed by atoms with van der Waals surface area (Å²) >= 11 is 0. The number of aliphatic imine (C=N–C) groups is 1. The summed E-state index contributed by atoms with van der Waals surface area (Å²) in [6.07, 6.45) is 7.91. The van der Waals surface area contributed by atoms with Crippen molar-refractivity contribution >= 4 is 17.6 Å². The fourth-order valence-corrected chi connectivity index (χ4v) is 2.79. The summed E-state index contributed by atoms with van der Waals surface area (Å²) in [5, 5.41) is 3.03. The Labute approximate surface area is 135 Å². The molecule has 5 nitrogen and oxygen atoms in total. The summed E-state index contributed by atoms with van der Waals surface area (Å²) in [5.74, 6) is -0.0711. The number of nitrogens with one attached hydrogen (secondary N) is 1. The van der Waals surface area contributed by atoms with Gasteiger partial charge in [-0.15, -0.1) is 0 Å². The first-order chi connectivity index (χ1) is 11.2. The first-order valence-corrected chi connectivity index (χ1v) is 7.62. The monoisotopic (exact) mass is 309 g/mol. The molecule has 1 heterocycles. The van der Waals surface area contributed by atoms with Crippen LogP contribution in [-0.4, -0.2) is 24.6 Å². The van der Waals surface area contributed by atoms with Crippen LogP contribution in [0.4, 0.5) is 0 Å². The summed E-state index contributed by atoms with van der Waals surface area (Å²) in [5.41, 5.74) is 8.01. The third-order valence-electron chi connectivity index (χ3n) is 3.80. The fraction of sp³-hybridized carbons (Fsp3) is 0.222. The van der Waals surface area contributed by atoms with Gasteiger partial charge in [0, 0.05) is 5.92 Å². The molecule has 1 aromatic rings. The highest BCUT2D eigenvalue weighted by Gasteiger charge is 2.34. The molecule has 0 amide bonds. The second-order valence-corrected chi connectivity index (χ2v) is 5.31. The van der Waals surface area contributed by atoms with E-state index in [1.54, 1.807) is 6.92 Å². The molecular weight excluding hydrogens is 290 g/mol. The lowest BCUT2D eigenvalue weighted by atomic mass is 9.90. The molecule has 1 atom stereocenters. The van der Waals surface area contributed by atoms with Crippen molar-refractivity contribution in [2.45, 2.75) is 13.0 Å². The molecule has 1 aromatic carbocycles. The highest BCUT2D eigenvalue weighted by Crippen LogP contribution is 2.31. The standard InChI is InChI=1S/C18H19N3O2/c1-2-23-17(22)14-15(12-8-4-3-5-9-12)20-18(19)21-16(14)13-10-6-7-11-13/h3-11,13,16H,2H2,1H3,(H3,19,20,21). The number of ether oxygens (including phenoxy) is 1. The lowest BCUT2D eigenvalue weighted by molar-refractivity contribution is -0.138. The molecule has 0 fully saturated rings. The maximum absolute atomic E-state index is 12.6. The summed E-state index contributed by atoms with van der Waals surface area (Å²) in [7, 11) is 0. The quantitative estimate of drug-likeness (QED) is 0.834. The third-order valence-corrected chi connectivity index (χ3v) is 3.80. The molecule has 1 aliphatic carbocycles. The van der Waals surface area contributed by atoms with Gasteiger partial charge in [-0.25, -0.2) is 9.79 Å². The van der Waals surface area contributed by atoms with Gasteiger partial charge >= 0.3 is 5.97 Å². The normalized spacial score (nSPS) is 20.4. The van der Waals surface area contributed by atoms with E-state index in [-0.39, 0.29) is 17.9 Å². The zero-order chi connectivity index (χ0) is 16.2. The van der Waals surface area contributed by atoms with Crippen molar-refractivity contribution in [3.8, 4) is 0 Å². The third kappa shape index (κ3) is 3.04. The van der Waals surface area contributed by atoms with Gasteiger partial charge in [0.15, 0.2) is 5.96 Å². The fourth-order valence-electron chi connectivity index (χ4n) is 2.79. The largest absolute Gasteiger partial charge is 0.463 e. The molecular formula is C18H19N3O2. The minimum absolute atomic E-state index is 0.00577. The van der Waals surface area contributed by atoms with Gasteiger partial charge in [-0.2, -0.15) is 0 Å². The van der Waals surface area contributed by atoms with Crippen molar-refractivity contribution in [1.82, 2.24) is 5.32 Å². The van der Waals surface area contributed by atoms with Crippen molar-refractivity contribution in [2.75, 3.05) is 6.61 Å². The number of guanidine groups is 1. The van der Waals surface area contributed by atoms with E-state index >= 15 is 0 Å². The Hall–Kier alpha value is -2.82. The summed E-state index contributed by atoms with van der Waals surface area (Å²) in [4.78, 5) is 17.0. The van der Waals surface area contributed by atoms with Crippen LogP contribution in [-0.2, 0) is 9.53 Å². The Kier molecular flexibility index (Phi) is 4.28. The number of rotatable bonds is 4. The minimum Gasteiger partial charge on any atom is -0.463 e. The number of nitrogens with zero attached hydrogens (tertiary/aromatic N) is 1. The number of benzene rings is 1. The number of carbonyl (C=O) groups is 1. The number of hydrogen-bond donors (Lipinski definition) is 2. The smallest absolute Gasteiger partial charge is 0.338 e. The van der Waals surface area contributed by atoms with Gasteiger partial charge < -0.3 is 15.8 Å². The van der Waals surface area contributed by atoms with Gasteiger partial charge in [0.1, 0.15) is 0 Å². The van der Waals surface area contributed by atoms with Gasteiger partial charge in [0.2, 0.25) is 0 Å². The molecule has 5 heteroatoms. The van der Waals surface area contributed by atoms with E-state index < -0.39 is 0 Å². The number of nitrogens with two attached hydrogens (primary N) is 1. The van der Waals surface area contributed by atoms with Gasteiger partial charge in [0.05, 0.1) is 23.9 Å².